The van der Waals surface area contributed by atoms with E-state index in [0.29, 0.717) is 17.7 Å². The third kappa shape index (κ3) is 5.74. The minimum Gasteiger partial charge on any atom is -0.447 e. The van der Waals surface area contributed by atoms with E-state index in [1.165, 1.54) is 18.2 Å². The van der Waals surface area contributed by atoms with Gasteiger partial charge in [-0.15, -0.1) is 0 Å². The van der Waals surface area contributed by atoms with E-state index in [9.17, 15) is 37.7 Å². The number of imide groups is 2. The number of barbiturate groups is 1. The Hall–Kier alpha value is -4.13. The van der Waals surface area contributed by atoms with Gasteiger partial charge in [0.2, 0.25) is 5.75 Å². The molecule has 1 aliphatic heterocycles. The van der Waals surface area contributed by atoms with Crippen molar-refractivity contribution < 1.29 is 37.2 Å². The molecule has 0 aliphatic carbocycles. The van der Waals surface area contributed by atoms with Crippen molar-refractivity contribution in [1.82, 2.24) is 5.32 Å². The van der Waals surface area contributed by atoms with Crippen LogP contribution in [0.4, 0.5) is 29.3 Å². The Morgan fingerprint density at radius 2 is 1.65 bits per heavy atom. The first kappa shape index (κ1) is 28.9. The number of urea groups is 1. The molecule has 3 aromatic rings. The highest BCUT2D eigenvalue weighted by atomic mass is 35.5. The molecule has 40 heavy (non-hydrogen) atoms. The van der Waals surface area contributed by atoms with E-state index in [0.717, 1.165) is 17.0 Å². The summed E-state index contributed by atoms with van der Waals surface area (Å²) < 4.78 is 44.4. The monoisotopic (exact) mass is 613 g/mol. The molecular formula is C25H13Cl3F3N3O6. The van der Waals surface area contributed by atoms with Crippen LogP contribution in [0, 0.1) is 17.0 Å². The molecule has 15 heteroatoms. The van der Waals surface area contributed by atoms with Gasteiger partial charge in [-0.1, -0.05) is 40.9 Å². The molecule has 1 aliphatic rings. The van der Waals surface area contributed by atoms with E-state index in [2.05, 4.69) is 5.32 Å². The standard InChI is InChI=1S/C25H13Cl3F3N3O6/c1-11-2-4-14(26)10-18(11)33-23(36)15(22(35)32-24(33)37)6-12-7-16(27)21(17(28)8-12)40-20-5-3-13(25(29,30)31)9-19(20)34(38)39/h2-10H,1H3,(H,32,35,37)/b15-6+. The number of ether oxygens (including phenoxy) is 1. The van der Waals surface area contributed by atoms with Crippen molar-refractivity contribution in [2.75, 3.05) is 4.90 Å². The first-order chi connectivity index (χ1) is 18.7. The summed E-state index contributed by atoms with van der Waals surface area (Å²) >= 11 is 18.5. The van der Waals surface area contributed by atoms with Gasteiger partial charge in [-0.25, -0.2) is 9.69 Å². The van der Waals surface area contributed by atoms with Crippen LogP contribution in [0.15, 0.2) is 54.1 Å². The van der Waals surface area contributed by atoms with E-state index in [1.807, 2.05) is 0 Å². The lowest BCUT2D eigenvalue weighted by Crippen LogP contribution is -2.54. The summed E-state index contributed by atoms with van der Waals surface area (Å²) in [6, 6.07) is 7.55. The van der Waals surface area contributed by atoms with Crippen LogP contribution < -0.4 is 15.0 Å². The van der Waals surface area contributed by atoms with Gasteiger partial charge in [0, 0.05) is 11.1 Å². The lowest BCUT2D eigenvalue weighted by Gasteiger charge is -2.27. The Labute approximate surface area is 237 Å². The maximum absolute atomic E-state index is 13.2. The van der Waals surface area contributed by atoms with Gasteiger partial charge in [-0.3, -0.25) is 25.0 Å². The first-order valence-electron chi connectivity index (χ1n) is 10.9. The van der Waals surface area contributed by atoms with Gasteiger partial charge in [0.1, 0.15) is 5.57 Å². The highest BCUT2D eigenvalue weighted by Crippen LogP contribution is 2.42. The van der Waals surface area contributed by atoms with E-state index < -0.39 is 51.5 Å². The number of alkyl halides is 3. The van der Waals surface area contributed by atoms with Crippen LogP contribution in [0.5, 0.6) is 11.5 Å². The van der Waals surface area contributed by atoms with Crippen LogP contribution in [0.25, 0.3) is 6.08 Å². The maximum atomic E-state index is 13.2. The van der Waals surface area contributed by atoms with Crippen molar-refractivity contribution in [3.05, 3.63) is 96.0 Å². The zero-order chi connectivity index (χ0) is 29.5. The third-order valence-corrected chi connectivity index (χ3v) is 6.34. The summed E-state index contributed by atoms with van der Waals surface area (Å²) in [5, 5.41) is 13.2. The summed E-state index contributed by atoms with van der Waals surface area (Å²) in [4.78, 5) is 49.2. The number of nitro groups is 1. The number of nitrogens with zero attached hydrogens (tertiary/aromatic N) is 2. The second-order valence-electron chi connectivity index (χ2n) is 8.24. The Kier molecular flexibility index (Phi) is 7.79. The molecule has 4 amide bonds. The third-order valence-electron chi connectivity index (χ3n) is 5.54. The smallest absolute Gasteiger partial charge is 0.416 e. The minimum absolute atomic E-state index is 0.0971. The minimum atomic E-state index is -4.83. The molecule has 3 aromatic carbocycles. The Morgan fingerprint density at radius 1 is 1.00 bits per heavy atom. The van der Waals surface area contributed by atoms with Crippen LogP contribution in [0.3, 0.4) is 0 Å². The Bertz CT molecular complexity index is 1620. The number of nitrogens with one attached hydrogen (secondary N) is 1. The van der Waals surface area contributed by atoms with Gasteiger partial charge < -0.3 is 4.74 Å². The zero-order valence-electron chi connectivity index (χ0n) is 19.8. The predicted octanol–water partition coefficient (Wildman–Crippen LogP) is 7.34. The molecule has 1 fully saturated rings. The Morgan fingerprint density at radius 3 is 2.25 bits per heavy atom. The molecule has 1 saturated heterocycles. The second-order valence-corrected chi connectivity index (χ2v) is 9.49. The van der Waals surface area contributed by atoms with Crippen molar-refractivity contribution in [1.29, 1.82) is 0 Å². The van der Waals surface area contributed by atoms with Crippen molar-refractivity contribution in [2.45, 2.75) is 13.1 Å². The number of nitro benzene ring substituents is 1. The fourth-order valence-corrected chi connectivity index (χ4v) is 4.41. The van der Waals surface area contributed by atoms with E-state index in [1.54, 1.807) is 19.1 Å². The molecule has 0 bridgehead atoms. The van der Waals surface area contributed by atoms with Crippen molar-refractivity contribution in [3.63, 3.8) is 0 Å². The topological polar surface area (TPSA) is 119 Å². The molecule has 0 radical (unpaired) electrons. The number of carbonyl (C=O) groups excluding carboxylic acids is 3. The molecule has 9 nitrogen and oxygen atoms in total. The normalized spacial score (nSPS) is 14.9. The molecule has 0 saturated carbocycles. The van der Waals surface area contributed by atoms with E-state index >= 15 is 0 Å². The van der Waals surface area contributed by atoms with Gasteiger partial charge >= 0.3 is 17.9 Å². The molecule has 206 valence electrons. The maximum Gasteiger partial charge on any atom is 0.416 e. The summed E-state index contributed by atoms with van der Waals surface area (Å²) in [6.07, 6.45) is -3.73. The van der Waals surface area contributed by atoms with Crippen LogP contribution in [-0.2, 0) is 15.8 Å². The van der Waals surface area contributed by atoms with Crippen LogP contribution in [0.1, 0.15) is 16.7 Å². The lowest BCUT2D eigenvalue weighted by atomic mass is 10.1. The van der Waals surface area contributed by atoms with Gasteiger partial charge in [-0.05, 0) is 60.5 Å². The fraction of sp³-hybridized carbons (Fsp3) is 0.0800. The van der Waals surface area contributed by atoms with E-state index in [4.69, 9.17) is 39.5 Å². The first-order valence-corrected chi connectivity index (χ1v) is 12.0. The predicted molar refractivity (Wildman–Crippen MR) is 140 cm³/mol. The van der Waals surface area contributed by atoms with Crippen molar-refractivity contribution >= 4 is 70.1 Å². The summed E-state index contributed by atoms with van der Waals surface area (Å²) in [6.45, 7) is 1.63. The highest BCUT2D eigenvalue weighted by molar-refractivity contribution is 6.40. The van der Waals surface area contributed by atoms with Crippen molar-refractivity contribution in [3.8, 4) is 11.5 Å². The van der Waals surface area contributed by atoms with Crippen molar-refractivity contribution in [2.24, 2.45) is 0 Å². The fourth-order valence-electron chi connectivity index (χ4n) is 3.66. The number of benzene rings is 3. The zero-order valence-corrected chi connectivity index (χ0v) is 22.1. The number of anilines is 1. The molecule has 1 N–H and O–H groups in total. The second kappa shape index (κ2) is 10.8. The van der Waals surface area contributed by atoms with Gasteiger partial charge in [0.25, 0.3) is 11.8 Å². The lowest BCUT2D eigenvalue weighted by molar-refractivity contribution is -0.385. The van der Waals surface area contributed by atoms with Crippen LogP contribution >= 0.6 is 34.8 Å². The average Bonchev–Trinajstić information content (AvgIpc) is 2.85. The summed E-state index contributed by atoms with van der Waals surface area (Å²) in [7, 11) is 0. The molecular weight excluding hydrogens is 602 g/mol. The molecule has 0 atom stereocenters. The molecule has 0 unspecified atom stereocenters. The number of halogens is 6. The SMILES string of the molecule is Cc1ccc(Cl)cc1N1C(=O)NC(=O)/C(=C\c2cc(Cl)c(Oc3ccc(C(F)(F)F)cc3[N+](=O)[O-])c(Cl)c2)C1=O. The van der Waals surface area contributed by atoms with Crippen LogP contribution in [-0.4, -0.2) is 22.8 Å². The summed E-state index contributed by atoms with van der Waals surface area (Å²) in [5.74, 6) is -2.87. The quantitative estimate of drug-likeness (QED) is 0.139. The Balaban J connectivity index is 1.70. The number of carbonyl (C=O) groups is 3. The highest BCUT2D eigenvalue weighted by Gasteiger charge is 2.38. The number of amides is 4. The van der Waals surface area contributed by atoms with Gasteiger partial charge in [-0.2, -0.15) is 13.2 Å². The molecule has 0 aromatic heterocycles. The number of aryl methyl sites for hydroxylation is 1. The summed E-state index contributed by atoms with van der Waals surface area (Å²) in [5.41, 5.74) is -1.95. The van der Waals surface area contributed by atoms with Crippen LogP contribution in [0.2, 0.25) is 15.1 Å². The van der Waals surface area contributed by atoms with E-state index in [-0.39, 0.29) is 32.1 Å². The number of hydrogen-bond donors (Lipinski definition) is 1. The molecule has 1 heterocycles. The number of hydrogen-bond acceptors (Lipinski definition) is 6. The van der Waals surface area contributed by atoms with Gasteiger partial charge in [0.15, 0.2) is 5.75 Å². The number of rotatable bonds is 5. The average molecular weight is 615 g/mol. The molecule has 0 spiro atoms. The molecule has 4 rings (SSSR count). The largest absolute Gasteiger partial charge is 0.447 e. The van der Waals surface area contributed by atoms with Gasteiger partial charge in [0.05, 0.1) is 26.2 Å².